The molecule has 0 amide bonds. The second kappa shape index (κ2) is 7.14. The van der Waals surface area contributed by atoms with E-state index in [4.69, 9.17) is 14.2 Å². The summed E-state index contributed by atoms with van der Waals surface area (Å²) < 4.78 is 15.6. The minimum absolute atomic E-state index is 0.146. The van der Waals surface area contributed by atoms with E-state index in [0.29, 0.717) is 12.8 Å². The molecular formula is C16H23IO6. The van der Waals surface area contributed by atoms with E-state index in [9.17, 15) is 14.4 Å². The van der Waals surface area contributed by atoms with Gasteiger partial charge in [-0.3, -0.25) is 9.59 Å². The Morgan fingerprint density at radius 3 is 2.65 bits per heavy atom. The van der Waals surface area contributed by atoms with Crippen molar-refractivity contribution >= 4 is 40.1 Å². The van der Waals surface area contributed by atoms with Gasteiger partial charge in [-0.15, -0.1) is 0 Å². The number of rotatable bonds is 4. The molecular weight excluding hydrogens is 415 g/mol. The predicted molar refractivity (Wildman–Crippen MR) is 90.4 cm³/mol. The third-order valence-electron chi connectivity index (χ3n) is 5.03. The number of alkyl halides is 1. The van der Waals surface area contributed by atoms with Crippen molar-refractivity contribution < 1.29 is 28.6 Å². The lowest BCUT2D eigenvalue weighted by Gasteiger charge is -2.41. The standard InChI is InChI=1S/C16H23IO6/c1-5-22-14(15(20)21-4)16(3)10-7-6-9(23-10)8(2)12(18)11(17)13(16)19/h8-11,14H,5-7H2,1-4H3/t8-,9?,10?,11-,14?,16-/m1/s1. The van der Waals surface area contributed by atoms with E-state index in [1.54, 1.807) is 20.8 Å². The summed E-state index contributed by atoms with van der Waals surface area (Å²) in [6.45, 7) is 5.47. The maximum atomic E-state index is 13.1. The van der Waals surface area contributed by atoms with Gasteiger partial charge in [-0.05, 0) is 26.7 Å². The molecule has 0 aromatic carbocycles. The number of ether oxygens (including phenoxy) is 3. The highest BCUT2D eigenvalue weighted by atomic mass is 127. The summed E-state index contributed by atoms with van der Waals surface area (Å²) in [5, 5.41) is 0. The Morgan fingerprint density at radius 1 is 1.43 bits per heavy atom. The molecule has 130 valence electrons. The molecule has 6 nitrogen and oxygen atoms in total. The second-order valence-corrected chi connectivity index (χ2v) is 7.55. The normalized spacial score (nSPS) is 38.8. The molecule has 0 radical (unpaired) electrons. The van der Waals surface area contributed by atoms with Crippen LogP contribution in [0.1, 0.15) is 33.6 Å². The monoisotopic (exact) mass is 438 g/mol. The fourth-order valence-electron chi connectivity index (χ4n) is 3.50. The highest BCUT2D eigenvalue weighted by Gasteiger charge is 2.59. The van der Waals surface area contributed by atoms with Crippen LogP contribution in [0.25, 0.3) is 0 Å². The number of hydrogen-bond donors (Lipinski definition) is 0. The van der Waals surface area contributed by atoms with Crippen molar-refractivity contribution in [2.24, 2.45) is 11.3 Å². The summed E-state index contributed by atoms with van der Waals surface area (Å²) in [6.07, 6.45) is -0.425. The molecule has 0 spiro atoms. The third kappa shape index (κ3) is 3.07. The lowest BCUT2D eigenvalue weighted by atomic mass is 9.72. The Kier molecular flexibility index (Phi) is 5.84. The molecule has 6 atom stereocenters. The van der Waals surface area contributed by atoms with E-state index in [2.05, 4.69) is 0 Å². The van der Waals surface area contributed by atoms with Crippen LogP contribution in [0.15, 0.2) is 0 Å². The SMILES string of the molecule is CCOC(C(=O)OC)[C@@]1(C)C(=O)[C@H](I)C(=O)[C@H](C)C2CCC1O2. The van der Waals surface area contributed by atoms with Gasteiger partial charge < -0.3 is 14.2 Å². The quantitative estimate of drug-likeness (QED) is 0.288. The minimum Gasteiger partial charge on any atom is -0.467 e. The number of fused-ring (bicyclic) bond motifs is 2. The Bertz CT molecular complexity index is 507. The molecule has 0 aromatic rings. The zero-order valence-corrected chi connectivity index (χ0v) is 16.0. The largest absolute Gasteiger partial charge is 0.467 e. The van der Waals surface area contributed by atoms with Crippen molar-refractivity contribution in [1.82, 2.24) is 0 Å². The molecule has 2 aliphatic heterocycles. The fourth-order valence-corrected chi connectivity index (χ4v) is 4.74. The number of ketones is 2. The molecule has 0 saturated carbocycles. The van der Waals surface area contributed by atoms with Gasteiger partial charge in [0.15, 0.2) is 17.7 Å². The van der Waals surface area contributed by atoms with Gasteiger partial charge in [0.2, 0.25) is 0 Å². The molecule has 2 heterocycles. The highest BCUT2D eigenvalue weighted by Crippen LogP contribution is 2.45. The van der Waals surface area contributed by atoms with Crippen molar-refractivity contribution in [2.45, 2.75) is 55.8 Å². The highest BCUT2D eigenvalue weighted by molar-refractivity contribution is 14.1. The molecule has 2 aliphatic rings. The predicted octanol–water partition coefficient (Wildman–Crippen LogP) is 1.71. The van der Waals surface area contributed by atoms with Crippen molar-refractivity contribution in [3.05, 3.63) is 0 Å². The fraction of sp³-hybridized carbons (Fsp3) is 0.812. The minimum atomic E-state index is -1.24. The van der Waals surface area contributed by atoms with Crippen LogP contribution in [0.5, 0.6) is 0 Å². The summed E-state index contributed by atoms with van der Waals surface area (Å²) in [7, 11) is 1.26. The average molecular weight is 438 g/mol. The molecule has 0 aliphatic carbocycles. The molecule has 2 rings (SSSR count). The van der Waals surface area contributed by atoms with Crippen LogP contribution in [0, 0.1) is 11.3 Å². The molecule has 2 saturated heterocycles. The number of carbonyl (C=O) groups excluding carboxylic acids is 3. The topological polar surface area (TPSA) is 78.9 Å². The summed E-state index contributed by atoms with van der Waals surface area (Å²) >= 11 is 1.87. The van der Waals surface area contributed by atoms with Crippen LogP contribution in [-0.4, -0.2) is 53.5 Å². The van der Waals surface area contributed by atoms with Crippen molar-refractivity contribution in [2.75, 3.05) is 13.7 Å². The van der Waals surface area contributed by atoms with Gasteiger partial charge in [0.1, 0.15) is 3.92 Å². The van der Waals surface area contributed by atoms with Gasteiger partial charge in [0.05, 0.1) is 24.7 Å². The van der Waals surface area contributed by atoms with Crippen molar-refractivity contribution in [3.8, 4) is 0 Å². The molecule has 7 heteroatoms. The molecule has 0 N–H and O–H groups in total. The lowest BCUT2D eigenvalue weighted by molar-refractivity contribution is -0.182. The van der Waals surface area contributed by atoms with E-state index in [0.717, 1.165) is 0 Å². The smallest absolute Gasteiger partial charge is 0.336 e. The first-order valence-corrected chi connectivity index (χ1v) is 9.10. The van der Waals surface area contributed by atoms with Crippen LogP contribution in [0.4, 0.5) is 0 Å². The average Bonchev–Trinajstić information content (AvgIpc) is 3.05. The first kappa shape index (κ1) is 18.8. The summed E-state index contributed by atoms with van der Waals surface area (Å²) in [5.74, 6) is -1.39. The Labute approximate surface area is 149 Å². The van der Waals surface area contributed by atoms with Gasteiger partial charge >= 0.3 is 5.97 Å². The number of halogens is 1. The summed E-state index contributed by atoms with van der Waals surface area (Å²) in [5.41, 5.74) is -1.24. The number of methoxy groups -OCH3 is 1. The van der Waals surface area contributed by atoms with Gasteiger partial charge in [-0.1, -0.05) is 29.5 Å². The van der Waals surface area contributed by atoms with Crippen LogP contribution in [0.3, 0.4) is 0 Å². The zero-order valence-electron chi connectivity index (χ0n) is 13.8. The van der Waals surface area contributed by atoms with Gasteiger partial charge in [0, 0.05) is 12.5 Å². The van der Waals surface area contributed by atoms with Gasteiger partial charge in [-0.25, -0.2) is 4.79 Å². The maximum Gasteiger partial charge on any atom is 0.336 e. The Morgan fingerprint density at radius 2 is 2.09 bits per heavy atom. The van der Waals surface area contributed by atoms with Crippen LogP contribution in [-0.2, 0) is 28.6 Å². The maximum absolute atomic E-state index is 13.1. The van der Waals surface area contributed by atoms with Crippen molar-refractivity contribution in [1.29, 1.82) is 0 Å². The van der Waals surface area contributed by atoms with E-state index in [1.807, 2.05) is 22.6 Å². The molecule has 3 unspecified atom stereocenters. The number of esters is 1. The molecule has 23 heavy (non-hydrogen) atoms. The number of hydrogen-bond acceptors (Lipinski definition) is 6. The summed E-state index contributed by atoms with van der Waals surface area (Å²) in [6, 6.07) is 0. The van der Waals surface area contributed by atoms with E-state index in [1.165, 1.54) is 7.11 Å². The first-order valence-electron chi connectivity index (χ1n) is 7.86. The number of carbonyl (C=O) groups is 3. The third-order valence-corrected chi connectivity index (χ3v) is 6.21. The zero-order chi connectivity index (χ0) is 17.4. The summed E-state index contributed by atoms with van der Waals surface area (Å²) in [4.78, 5) is 37.9. The van der Waals surface area contributed by atoms with E-state index in [-0.39, 0.29) is 30.2 Å². The van der Waals surface area contributed by atoms with Gasteiger partial charge in [0.25, 0.3) is 0 Å². The Hall–Kier alpha value is -0.540. The van der Waals surface area contributed by atoms with Crippen LogP contribution in [0.2, 0.25) is 0 Å². The lowest BCUT2D eigenvalue weighted by Crippen LogP contribution is -2.58. The number of Topliss-reactive ketones (excluding diaryl/α,β-unsaturated/α-hetero) is 2. The molecule has 2 bridgehead atoms. The molecule has 2 fully saturated rings. The second-order valence-electron chi connectivity index (χ2n) is 6.30. The Balaban J connectivity index is 2.49. The van der Waals surface area contributed by atoms with E-state index >= 15 is 0 Å². The van der Waals surface area contributed by atoms with Crippen LogP contribution < -0.4 is 0 Å². The van der Waals surface area contributed by atoms with Crippen molar-refractivity contribution in [3.63, 3.8) is 0 Å². The first-order chi connectivity index (χ1) is 10.8. The van der Waals surface area contributed by atoms with Crippen LogP contribution >= 0.6 is 22.6 Å². The van der Waals surface area contributed by atoms with Gasteiger partial charge in [-0.2, -0.15) is 0 Å². The van der Waals surface area contributed by atoms with E-state index < -0.39 is 27.5 Å². The molecule has 0 aromatic heterocycles.